The summed E-state index contributed by atoms with van der Waals surface area (Å²) in [7, 11) is 0. The number of benzene rings is 2. The van der Waals surface area contributed by atoms with Crippen LogP contribution in [0.15, 0.2) is 128 Å². The van der Waals surface area contributed by atoms with Crippen LogP contribution in [0.5, 0.6) is 0 Å². The molecule has 2 spiro atoms. The maximum absolute atomic E-state index is 13.0. The van der Waals surface area contributed by atoms with E-state index in [-0.39, 0.29) is 22.0 Å². The Labute approximate surface area is 483 Å². The first-order valence-electron chi connectivity index (χ1n) is 27.6. The number of alkyl halides is 10. The fourth-order valence-corrected chi connectivity index (χ4v) is 11.0. The van der Waals surface area contributed by atoms with Crippen LogP contribution >= 0.6 is 0 Å². The van der Waals surface area contributed by atoms with E-state index in [0.29, 0.717) is 18.1 Å². The molecule has 0 atom stereocenters. The normalized spacial score (nSPS) is 24.9. The third-order valence-corrected chi connectivity index (χ3v) is 18.1. The van der Waals surface area contributed by atoms with Crippen LogP contribution in [0.4, 0.5) is 43.9 Å². The second-order valence-corrected chi connectivity index (χ2v) is 24.2. The minimum Gasteiger partial charge on any atom is -0.491 e. The van der Waals surface area contributed by atoms with Crippen molar-refractivity contribution in [3.63, 3.8) is 0 Å². The van der Waals surface area contributed by atoms with E-state index in [0.717, 1.165) is 56.5 Å². The van der Waals surface area contributed by atoms with Crippen molar-refractivity contribution in [2.75, 3.05) is 6.79 Å². The molecule has 0 radical (unpaired) electrons. The number of hydrogen-bond acceptors (Lipinski definition) is 9. The van der Waals surface area contributed by atoms with Gasteiger partial charge >= 0.3 is 30.4 Å². The Morgan fingerprint density at radius 3 is 0.940 bits per heavy atom. The van der Waals surface area contributed by atoms with E-state index in [1.807, 2.05) is 41.5 Å². The molecule has 19 heteroatoms. The predicted molar refractivity (Wildman–Crippen MR) is 297 cm³/mol. The molecule has 2 aromatic rings. The van der Waals surface area contributed by atoms with Crippen molar-refractivity contribution in [3.05, 3.63) is 139 Å². The van der Waals surface area contributed by atoms with Gasteiger partial charge in [-0.25, -0.2) is 4.74 Å². The van der Waals surface area contributed by atoms with Gasteiger partial charge in [0.15, 0.2) is 5.60 Å². The monoisotopic (exact) mass is 1190 g/mol. The zero-order valence-corrected chi connectivity index (χ0v) is 52.1. The summed E-state index contributed by atoms with van der Waals surface area (Å²) < 4.78 is 169. The molecule has 1 fully saturated rings. The van der Waals surface area contributed by atoms with Gasteiger partial charge in [-0.2, -0.15) is 43.9 Å². The van der Waals surface area contributed by atoms with Gasteiger partial charge in [0, 0.05) is 52.5 Å². The molecule has 9 nitrogen and oxygen atoms in total. The minimum atomic E-state index is -4.37. The third-order valence-electron chi connectivity index (χ3n) is 18.1. The van der Waals surface area contributed by atoms with Crippen LogP contribution in [0.25, 0.3) is 11.1 Å². The average Bonchev–Trinajstić information content (AvgIpc) is 4.24. The van der Waals surface area contributed by atoms with Crippen LogP contribution in [-0.4, -0.2) is 48.5 Å². The molecule has 1 saturated carbocycles. The van der Waals surface area contributed by atoms with Crippen molar-refractivity contribution in [2.24, 2.45) is 16.2 Å². The predicted octanol–water partition coefficient (Wildman–Crippen LogP) is 20.2. The lowest BCUT2D eigenvalue weighted by Crippen LogP contribution is -2.40. The van der Waals surface area contributed by atoms with Crippen LogP contribution in [-0.2, 0) is 48.2 Å². The van der Waals surface area contributed by atoms with E-state index in [1.54, 1.807) is 13.8 Å². The van der Waals surface area contributed by atoms with Gasteiger partial charge < -0.3 is 37.9 Å². The summed E-state index contributed by atoms with van der Waals surface area (Å²) in [5, 5.41) is 0. The second-order valence-electron chi connectivity index (χ2n) is 24.2. The SMILES string of the molecule is CC1=C(C)C(C)(C)C(F)(F)O1.CC1=C(C)C(C)(C)C2(CCCC2)O1.CC1=C(C)C(C)(C)C2(O1)c1ccccc1-c1ccccc12.CC1=C(C)C(F)(F)C(F)(F)O1.CC1=C(C)C(F)(F)OC1(F)F.CC1=C(C)OC(C)(C)O1.CC1=C(C)OCO1. The number of halogens is 10. The van der Waals surface area contributed by atoms with Gasteiger partial charge in [0.25, 0.3) is 0 Å². The van der Waals surface area contributed by atoms with E-state index in [4.69, 9.17) is 28.4 Å². The Bertz CT molecular complexity index is 2870. The summed E-state index contributed by atoms with van der Waals surface area (Å²) in [5.74, 6) is 1.17. The van der Waals surface area contributed by atoms with Gasteiger partial charge in [-0.05, 0) is 164 Å². The van der Waals surface area contributed by atoms with E-state index < -0.39 is 64.0 Å². The first-order valence-corrected chi connectivity index (χ1v) is 27.6. The van der Waals surface area contributed by atoms with E-state index in [2.05, 4.69) is 118 Å². The molecule has 11 rings (SSSR count). The quantitative estimate of drug-likeness (QED) is 0.189. The van der Waals surface area contributed by atoms with E-state index >= 15 is 0 Å². The highest BCUT2D eigenvalue weighted by atomic mass is 19.3. The molecule has 0 saturated heterocycles. The molecule has 2 aliphatic carbocycles. The summed E-state index contributed by atoms with van der Waals surface area (Å²) in [6.45, 7) is 39.8. The molecule has 7 aliphatic heterocycles. The zero-order chi connectivity index (χ0) is 63.4. The van der Waals surface area contributed by atoms with Gasteiger partial charge in [-0.15, -0.1) is 0 Å². The fourth-order valence-electron chi connectivity index (χ4n) is 11.0. The molecule has 0 aromatic heterocycles. The minimum absolute atomic E-state index is 0.0558. The summed E-state index contributed by atoms with van der Waals surface area (Å²) >= 11 is 0. The number of allylic oxidation sites excluding steroid dienone is 8. The molecule has 83 heavy (non-hydrogen) atoms. The second kappa shape index (κ2) is 23.3. The highest BCUT2D eigenvalue weighted by Crippen LogP contribution is 2.64. The third kappa shape index (κ3) is 12.5. The summed E-state index contributed by atoms with van der Waals surface area (Å²) in [6.07, 6.45) is -9.87. The maximum Gasteiger partial charge on any atom is 0.468 e. The van der Waals surface area contributed by atoms with E-state index in [9.17, 15) is 43.9 Å². The van der Waals surface area contributed by atoms with Crippen LogP contribution in [0.2, 0.25) is 0 Å². The zero-order valence-electron chi connectivity index (χ0n) is 52.1. The first kappa shape index (κ1) is 68.1. The summed E-state index contributed by atoms with van der Waals surface area (Å²) in [4.78, 5) is 0. The highest BCUT2D eigenvalue weighted by Gasteiger charge is 2.66. The van der Waals surface area contributed by atoms with Crippen molar-refractivity contribution < 1.29 is 86.5 Å². The van der Waals surface area contributed by atoms with E-state index in [1.165, 1.54) is 78.7 Å². The topological polar surface area (TPSA) is 83.1 Å². The first-order chi connectivity index (χ1) is 37.7. The van der Waals surface area contributed by atoms with Gasteiger partial charge in [0.2, 0.25) is 12.6 Å². The lowest BCUT2D eigenvalue weighted by molar-refractivity contribution is -0.322. The van der Waals surface area contributed by atoms with Gasteiger partial charge in [-0.1, -0.05) is 76.2 Å². The molecule has 464 valence electrons. The smallest absolute Gasteiger partial charge is 0.468 e. The van der Waals surface area contributed by atoms with Crippen molar-refractivity contribution in [1.29, 1.82) is 0 Å². The Balaban J connectivity index is 0.000000183. The molecule has 0 unspecified atom stereocenters. The Morgan fingerprint density at radius 2 is 0.711 bits per heavy atom. The largest absolute Gasteiger partial charge is 0.491 e. The standard InChI is InChI=1S/C20H20O.C12H20O.C8H12F2O.C7H12O2.2C6H6F4O.C5H8O2/c1-13-14(2)21-20(19(13,3)4)17-11-7-5-9-15(17)16-10-6-8-12-18(16)20;1-9-10(2)13-12(11(9,3)4)7-5-6-8-12;1-5-6(2)11-8(9,10)7(5,3)4;1-5-6(2)9-7(3,4)8-5;1-3-4(2)11-6(9,10)5(3,7)8;1-3-4(2)6(9,10)11-5(3,7)8;1-4-5(2)7-3-6-4/h5-12H,1-4H3;5-8H2,1-4H3;1-4H3;1-4H3;2*1-2H3;3H2,1-2H3. The van der Waals surface area contributed by atoms with Crippen LogP contribution in [0, 0.1) is 16.2 Å². The van der Waals surface area contributed by atoms with Gasteiger partial charge in [0.1, 0.15) is 34.4 Å². The lowest BCUT2D eigenvalue weighted by atomic mass is 9.67. The fraction of sp³-hybridized carbons (Fsp3) is 0.594. The van der Waals surface area contributed by atoms with Crippen LogP contribution in [0.1, 0.15) is 189 Å². The van der Waals surface area contributed by atoms with Crippen molar-refractivity contribution in [2.45, 2.75) is 225 Å². The van der Waals surface area contributed by atoms with Gasteiger partial charge in [-0.3, -0.25) is 0 Å². The molecular weight excluding hydrogens is 1100 g/mol. The molecule has 9 aliphatic rings. The lowest BCUT2D eigenvalue weighted by Gasteiger charge is -2.40. The molecule has 0 N–H and O–H groups in total. The average molecular weight is 1190 g/mol. The number of rotatable bonds is 0. The van der Waals surface area contributed by atoms with Crippen LogP contribution in [0.3, 0.4) is 0 Å². The molecular formula is C64H84F10O9. The Kier molecular flexibility index (Phi) is 19.1. The Morgan fingerprint density at radius 1 is 0.349 bits per heavy atom. The molecule has 0 amide bonds. The highest BCUT2D eigenvalue weighted by molar-refractivity contribution is 5.81. The Hall–Kier alpha value is -5.72. The maximum atomic E-state index is 13.0. The number of ether oxygens (including phenoxy) is 9. The summed E-state index contributed by atoms with van der Waals surface area (Å²) in [5.41, 5.74) is 5.34. The van der Waals surface area contributed by atoms with Crippen LogP contribution < -0.4 is 0 Å². The summed E-state index contributed by atoms with van der Waals surface area (Å²) in [6, 6.07) is 17.3. The van der Waals surface area contributed by atoms with Crippen molar-refractivity contribution in [3.8, 4) is 11.1 Å². The molecule has 7 heterocycles. The van der Waals surface area contributed by atoms with Crippen molar-refractivity contribution >= 4 is 0 Å². The molecule has 2 aromatic carbocycles. The number of hydrogen-bond donors (Lipinski definition) is 0. The molecule has 0 bridgehead atoms. The van der Waals surface area contributed by atoms with Gasteiger partial charge in [0.05, 0.1) is 22.7 Å². The van der Waals surface area contributed by atoms with Crippen molar-refractivity contribution in [1.82, 2.24) is 0 Å². The number of fused-ring (bicyclic) bond motifs is 5.